The van der Waals surface area contributed by atoms with Crippen LogP contribution in [0.15, 0.2) is 0 Å². The highest BCUT2D eigenvalue weighted by Crippen LogP contribution is 2.10. The van der Waals surface area contributed by atoms with Gasteiger partial charge in [-0.1, -0.05) is 26.7 Å². The van der Waals surface area contributed by atoms with Crippen LogP contribution < -0.4 is 11.1 Å². The van der Waals surface area contributed by atoms with Gasteiger partial charge in [-0.2, -0.15) is 0 Å². The number of likely N-dealkylation sites (tertiary alicyclic amines) is 1. The molecule has 5 heteroatoms. The number of hydrogen-bond donors (Lipinski definition) is 2. The zero-order valence-corrected chi connectivity index (χ0v) is 12.2. The van der Waals surface area contributed by atoms with Gasteiger partial charge in [0.1, 0.15) is 0 Å². The summed E-state index contributed by atoms with van der Waals surface area (Å²) in [4.78, 5) is 25.5. The number of amides is 2. The summed E-state index contributed by atoms with van der Waals surface area (Å²) in [5.74, 6) is 0.0836. The van der Waals surface area contributed by atoms with E-state index in [9.17, 15) is 9.59 Å². The van der Waals surface area contributed by atoms with Crippen molar-refractivity contribution in [1.29, 1.82) is 0 Å². The number of carbonyl (C=O) groups excluding carboxylic acids is 2. The summed E-state index contributed by atoms with van der Waals surface area (Å²) in [6, 6.07) is -0.492. The van der Waals surface area contributed by atoms with Gasteiger partial charge in [0.2, 0.25) is 11.8 Å². The van der Waals surface area contributed by atoms with Crippen molar-refractivity contribution in [2.75, 3.05) is 19.6 Å². The average molecular weight is 269 g/mol. The lowest BCUT2D eigenvalue weighted by atomic mass is 10.1. The second kappa shape index (κ2) is 8.15. The molecular weight excluding hydrogens is 242 g/mol. The van der Waals surface area contributed by atoms with Gasteiger partial charge in [-0.3, -0.25) is 9.59 Å². The van der Waals surface area contributed by atoms with Crippen LogP contribution in [-0.4, -0.2) is 42.4 Å². The van der Waals surface area contributed by atoms with E-state index >= 15 is 0 Å². The molecule has 0 aromatic carbocycles. The van der Waals surface area contributed by atoms with Crippen molar-refractivity contribution in [2.45, 2.75) is 52.0 Å². The molecule has 1 fully saturated rings. The van der Waals surface area contributed by atoms with Crippen LogP contribution in [0.3, 0.4) is 0 Å². The molecule has 1 heterocycles. The average Bonchev–Trinajstić information content (AvgIpc) is 2.66. The van der Waals surface area contributed by atoms with E-state index in [1.807, 2.05) is 18.7 Å². The molecule has 1 aliphatic heterocycles. The Morgan fingerprint density at radius 3 is 2.26 bits per heavy atom. The van der Waals surface area contributed by atoms with E-state index in [1.54, 1.807) is 0 Å². The number of hydrogen-bond acceptors (Lipinski definition) is 3. The van der Waals surface area contributed by atoms with Gasteiger partial charge < -0.3 is 16.0 Å². The first-order chi connectivity index (χ1) is 9.02. The van der Waals surface area contributed by atoms with E-state index in [4.69, 9.17) is 5.73 Å². The first kappa shape index (κ1) is 16.0. The fourth-order valence-corrected chi connectivity index (χ4v) is 2.19. The van der Waals surface area contributed by atoms with E-state index < -0.39 is 6.04 Å². The molecule has 1 atom stereocenters. The maximum Gasteiger partial charge on any atom is 0.237 e. The Bertz CT molecular complexity index is 297. The standard InChI is InChI=1S/C14H27N3O2/c1-11(2)13(15)14(19)16-8-7-12(18)17-9-5-3-4-6-10-17/h11,13H,3-10,15H2,1-2H3,(H,16,19)/t13-/m0/s1. The number of rotatable bonds is 5. The lowest BCUT2D eigenvalue weighted by molar-refractivity contribution is -0.131. The first-order valence-electron chi connectivity index (χ1n) is 7.33. The third-order valence-corrected chi connectivity index (χ3v) is 3.62. The minimum absolute atomic E-state index is 0.112. The minimum atomic E-state index is -0.492. The molecule has 0 aromatic heterocycles. The highest BCUT2D eigenvalue weighted by molar-refractivity contribution is 5.82. The van der Waals surface area contributed by atoms with Crippen LogP contribution in [0.25, 0.3) is 0 Å². The van der Waals surface area contributed by atoms with E-state index in [1.165, 1.54) is 12.8 Å². The summed E-state index contributed by atoms with van der Waals surface area (Å²) >= 11 is 0. The first-order valence-corrected chi connectivity index (χ1v) is 7.33. The summed E-state index contributed by atoms with van der Waals surface area (Å²) in [5.41, 5.74) is 5.73. The van der Waals surface area contributed by atoms with Crippen molar-refractivity contribution in [3.63, 3.8) is 0 Å². The molecule has 1 rings (SSSR count). The highest BCUT2D eigenvalue weighted by Gasteiger charge is 2.18. The van der Waals surface area contributed by atoms with E-state index in [2.05, 4.69) is 5.32 Å². The summed E-state index contributed by atoms with van der Waals surface area (Å²) in [6.07, 6.45) is 4.98. The molecule has 0 spiro atoms. The molecule has 110 valence electrons. The normalized spacial score (nSPS) is 18.0. The monoisotopic (exact) mass is 269 g/mol. The molecule has 2 amide bonds. The lowest BCUT2D eigenvalue weighted by Gasteiger charge is -2.21. The van der Waals surface area contributed by atoms with Crippen LogP contribution in [0.4, 0.5) is 0 Å². The van der Waals surface area contributed by atoms with Crippen molar-refractivity contribution in [3.8, 4) is 0 Å². The second-order valence-corrected chi connectivity index (χ2v) is 5.61. The summed E-state index contributed by atoms with van der Waals surface area (Å²) in [5, 5.41) is 2.74. The van der Waals surface area contributed by atoms with Crippen LogP contribution in [0, 0.1) is 5.92 Å². The van der Waals surface area contributed by atoms with Gasteiger partial charge in [-0.05, 0) is 18.8 Å². The Labute approximate surface area is 115 Å². The van der Waals surface area contributed by atoms with Gasteiger partial charge in [0.25, 0.3) is 0 Å². The quantitative estimate of drug-likeness (QED) is 0.778. The Kier molecular flexibility index (Phi) is 6.84. The number of nitrogens with zero attached hydrogens (tertiary/aromatic N) is 1. The van der Waals surface area contributed by atoms with Crippen LogP contribution >= 0.6 is 0 Å². The fourth-order valence-electron chi connectivity index (χ4n) is 2.19. The van der Waals surface area contributed by atoms with Gasteiger partial charge in [0, 0.05) is 26.1 Å². The largest absolute Gasteiger partial charge is 0.354 e. The fraction of sp³-hybridized carbons (Fsp3) is 0.857. The second-order valence-electron chi connectivity index (χ2n) is 5.61. The Hall–Kier alpha value is -1.10. The Morgan fingerprint density at radius 1 is 1.16 bits per heavy atom. The van der Waals surface area contributed by atoms with Gasteiger partial charge in [0.05, 0.1) is 6.04 Å². The third-order valence-electron chi connectivity index (χ3n) is 3.62. The molecule has 0 aromatic rings. The summed E-state index contributed by atoms with van der Waals surface area (Å²) in [7, 11) is 0. The zero-order valence-electron chi connectivity index (χ0n) is 12.2. The van der Waals surface area contributed by atoms with Gasteiger partial charge in [-0.15, -0.1) is 0 Å². The Morgan fingerprint density at radius 2 is 1.74 bits per heavy atom. The molecular formula is C14H27N3O2. The van der Waals surface area contributed by atoms with Crippen LogP contribution in [0.5, 0.6) is 0 Å². The van der Waals surface area contributed by atoms with E-state index in [-0.39, 0.29) is 17.7 Å². The molecule has 19 heavy (non-hydrogen) atoms. The van der Waals surface area contributed by atoms with Crippen molar-refractivity contribution < 1.29 is 9.59 Å². The molecule has 0 bridgehead atoms. The van der Waals surface area contributed by atoms with Crippen molar-refractivity contribution in [3.05, 3.63) is 0 Å². The van der Waals surface area contributed by atoms with Crippen LogP contribution in [0.2, 0.25) is 0 Å². The predicted molar refractivity (Wildman–Crippen MR) is 75.5 cm³/mol. The van der Waals surface area contributed by atoms with Crippen molar-refractivity contribution in [2.24, 2.45) is 11.7 Å². The number of nitrogens with one attached hydrogen (secondary N) is 1. The maximum atomic E-state index is 12.0. The molecule has 0 unspecified atom stereocenters. The summed E-state index contributed by atoms with van der Waals surface area (Å²) in [6.45, 7) is 5.92. The van der Waals surface area contributed by atoms with Gasteiger partial charge in [-0.25, -0.2) is 0 Å². The smallest absolute Gasteiger partial charge is 0.237 e. The lowest BCUT2D eigenvalue weighted by Crippen LogP contribution is -2.45. The SMILES string of the molecule is CC(C)[C@H](N)C(=O)NCCC(=O)N1CCCCCC1. The molecule has 0 aliphatic carbocycles. The molecule has 1 aliphatic rings. The number of carbonyl (C=O) groups is 2. The van der Waals surface area contributed by atoms with Crippen molar-refractivity contribution >= 4 is 11.8 Å². The predicted octanol–water partition coefficient (Wildman–Crippen LogP) is 0.879. The molecule has 0 radical (unpaired) electrons. The molecule has 5 nitrogen and oxygen atoms in total. The zero-order chi connectivity index (χ0) is 14.3. The van der Waals surface area contributed by atoms with Crippen molar-refractivity contribution in [1.82, 2.24) is 10.2 Å². The minimum Gasteiger partial charge on any atom is -0.354 e. The Balaban J connectivity index is 2.24. The summed E-state index contributed by atoms with van der Waals surface area (Å²) < 4.78 is 0. The van der Waals surface area contributed by atoms with Crippen LogP contribution in [-0.2, 0) is 9.59 Å². The number of nitrogens with two attached hydrogens (primary N) is 1. The highest BCUT2D eigenvalue weighted by atomic mass is 16.2. The molecule has 0 saturated carbocycles. The van der Waals surface area contributed by atoms with E-state index in [0.717, 1.165) is 25.9 Å². The van der Waals surface area contributed by atoms with Crippen LogP contribution in [0.1, 0.15) is 46.0 Å². The molecule has 3 N–H and O–H groups in total. The maximum absolute atomic E-state index is 12.0. The third kappa shape index (κ3) is 5.59. The van der Waals surface area contributed by atoms with Gasteiger partial charge in [0.15, 0.2) is 0 Å². The van der Waals surface area contributed by atoms with E-state index in [0.29, 0.717) is 13.0 Å². The van der Waals surface area contributed by atoms with Gasteiger partial charge >= 0.3 is 0 Å². The molecule has 1 saturated heterocycles. The topological polar surface area (TPSA) is 75.4 Å².